The van der Waals surface area contributed by atoms with Crippen LogP contribution in [0.4, 0.5) is 0 Å². The Balaban J connectivity index is 2.40. The van der Waals surface area contributed by atoms with E-state index < -0.39 is 0 Å². The Labute approximate surface area is 86.1 Å². The molecule has 4 atom stereocenters. The van der Waals surface area contributed by atoms with Crippen molar-refractivity contribution in [3.8, 4) is 6.07 Å². The highest BCUT2D eigenvalue weighted by Gasteiger charge is 2.28. The molecule has 0 aliphatic heterocycles. The highest BCUT2D eigenvalue weighted by atomic mass is 16.3. The lowest BCUT2D eigenvalue weighted by Crippen LogP contribution is -2.42. The topological polar surface area (TPSA) is 56.0 Å². The third kappa shape index (κ3) is 2.70. The molecule has 0 aromatic heterocycles. The fourth-order valence-electron chi connectivity index (χ4n) is 1.97. The van der Waals surface area contributed by atoms with E-state index in [9.17, 15) is 0 Å². The van der Waals surface area contributed by atoms with Gasteiger partial charge in [-0.3, -0.25) is 0 Å². The number of aliphatic hydroxyl groups is 1. The Morgan fingerprint density at radius 1 is 1.50 bits per heavy atom. The number of aliphatic hydroxyl groups excluding tert-OH is 1. The average Bonchev–Trinajstić information content (AvgIpc) is 2.63. The second-order valence-electron chi connectivity index (χ2n) is 4.39. The minimum Gasteiger partial charge on any atom is -0.396 e. The molecule has 0 aromatic rings. The van der Waals surface area contributed by atoms with Crippen LogP contribution in [0.3, 0.4) is 0 Å². The van der Waals surface area contributed by atoms with Crippen molar-refractivity contribution in [2.45, 2.75) is 45.2 Å². The first-order valence-electron chi connectivity index (χ1n) is 5.45. The Hall–Kier alpha value is -0.590. The van der Waals surface area contributed by atoms with Crippen molar-refractivity contribution < 1.29 is 5.11 Å². The molecule has 1 fully saturated rings. The fourth-order valence-corrected chi connectivity index (χ4v) is 1.97. The number of nitrogens with zero attached hydrogens (tertiary/aromatic N) is 1. The van der Waals surface area contributed by atoms with Crippen molar-refractivity contribution in [2.24, 2.45) is 11.8 Å². The van der Waals surface area contributed by atoms with Crippen molar-refractivity contribution in [1.82, 2.24) is 5.32 Å². The molecule has 3 heteroatoms. The summed E-state index contributed by atoms with van der Waals surface area (Å²) in [7, 11) is 0. The van der Waals surface area contributed by atoms with E-state index in [2.05, 4.69) is 18.3 Å². The van der Waals surface area contributed by atoms with Crippen LogP contribution < -0.4 is 5.32 Å². The zero-order valence-electron chi connectivity index (χ0n) is 9.03. The quantitative estimate of drug-likeness (QED) is 0.712. The van der Waals surface area contributed by atoms with E-state index in [1.54, 1.807) is 0 Å². The molecule has 0 heterocycles. The second kappa shape index (κ2) is 5.33. The number of nitrogens with one attached hydrogen (secondary N) is 1. The standard InChI is InChI=1S/C11H20N2O/c1-8(7-14)9(2)13-11-5-3-4-10(11)6-12/h8-11,13-14H,3-5,7H2,1-2H3. The lowest BCUT2D eigenvalue weighted by atomic mass is 10.0. The predicted molar refractivity (Wildman–Crippen MR) is 55.6 cm³/mol. The molecule has 80 valence electrons. The van der Waals surface area contributed by atoms with Crippen molar-refractivity contribution in [3.05, 3.63) is 0 Å². The molecule has 0 radical (unpaired) electrons. The largest absolute Gasteiger partial charge is 0.396 e. The normalized spacial score (nSPS) is 31.0. The Kier molecular flexibility index (Phi) is 4.37. The summed E-state index contributed by atoms with van der Waals surface area (Å²) < 4.78 is 0. The van der Waals surface area contributed by atoms with Crippen LogP contribution in [0, 0.1) is 23.2 Å². The number of hydrogen-bond donors (Lipinski definition) is 2. The second-order valence-corrected chi connectivity index (χ2v) is 4.39. The van der Waals surface area contributed by atoms with E-state index in [-0.39, 0.29) is 18.4 Å². The van der Waals surface area contributed by atoms with Gasteiger partial charge in [0.05, 0.1) is 12.0 Å². The van der Waals surface area contributed by atoms with Gasteiger partial charge < -0.3 is 10.4 Å². The predicted octanol–water partition coefficient (Wildman–Crippen LogP) is 1.29. The first-order valence-corrected chi connectivity index (χ1v) is 5.45. The summed E-state index contributed by atoms with van der Waals surface area (Å²) in [6, 6.07) is 2.98. The van der Waals surface area contributed by atoms with Gasteiger partial charge >= 0.3 is 0 Å². The summed E-state index contributed by atoms with van der Waals surface area (Å²) in [4.78, 5) is 0. The molecular weight excluding hydrogens is 176 g/mol. The van der Waals surface area contributed by atoms with E-state index in [1.807, 2.05) is 6.92 Å². The molecule has 1 aliphatic rings. The van der Waals surface area contributed by atoms with Gasteiger partial charge in [-0.2, -0.15) is 5.26 Å². The Bertz CT molecular complexity index is 212. The van der Waals surface area contributed by atoms with Crippen LogP contribution >= 0.6 is 0 Å². The van der Waals surface area contributed by atoms with Crippen molar-refractivity contribution in [3.63, 3.8) is 0 Å². The van der Waals surface area contributed by atoms with Crippen molar-refractivity contribution in [2.75, 3.05) is 6.61 Å². The number of rotatable bonds is 4. The van der Waals surface area contributed by atoms with Crippen LogP contribution in [0.1, 0.15) is 33.1 Å². The summed E-state index contributed by atoms with van der Waals surface area (Å²) in [5.41, 5.74) is 0. The maximum Gasteiger partial charge on any atom is 0.0672 e. The highest BCUT2D eigenvalue weighted by molar-refractivity contribution is 4.97. The molecule has 1 saturated carbocycles. The Morgan fingerprint density at radius 3 is 2.79 bits per heavy atom. The first-order chi connectivity index (χ1) is 6.69. The van der Waals surface area contributed by atoms with Gasteiger partial charge in [-0.15, -0.1) is 0 Å². The summed E-state index contributed by atoms with van der Waals surface area (Å²) in [6.07, 6.45) is 3.27. The number of nitriles is 1. The zero-order valence-corrected chi connectivity index (χ0v) is 9.03. The van der Waals surface area contributed by atoms with Gasteiger partial charge in [0.2, 0.25) is 0 Å². The smallest absolute Gasteiger partial charge is 0.0672 e. The molecule has 0 aromatic carbocycles. The lowest BCUT2D eigenvalue weighted by Gasteiger charge is -2.25. The molecule has 0 bridgehead atoms. The van der Waals surface area contributed by atoms with E-state index in [0.717, 1.165) is 19.3 Å². The van der Waals surface area contributed by atoms with Gasteiger partial charge in [0.25, 0.3) is 0 Å². The minimum absolute atomic E-state index is 0.170. The maximum atomic E-state index is 9.00. The number of hydrogen-bond acceptors (Lipinski definition) is 3. The van der Waals surface area contributed by atoms with Crippen molar-refractivity contribution in [1.29, 1.82) is 5.26 Å². The zero-order chi connectivity index (χ0) is 10.6. The molecule has 0 spiro atoms. The van der Waals surface area contributed by atoms with Crippen molar-refractivity contribution >= 4 is 0 Å². The summed E-state index contributed by atoms with van der Waals surface area (Å²) in [5, 5.41) is 21.4. The van der Waals surface area contributed by atoms with Gasteiger partial charge in [-0.25, -0.2) is 0 Å². The molecule has 0 saturated heterocycles. The third-order valence-corrected chi connectivity index (χ3v) is 3.30. The molecule has 4 unspecified atom stereocenters. The van der Waals surface area contributed by atoms with Crippen LogP contribution in [0.5, 0.6) is 0 Å². The molecular formula is C11H20N2O. The average molecular weight is 196 g/mol. The molecule has 1 rings (SSSR count). The van der Waals surface area contributed by atoms with Crippen LogP contribution in [0.15, 0.2) is 0 Å². The van der Waals surface area contributed by atoms with Crippen LogP contribution in [-0.2, 0) is 0 Å². The van der Waals surface area contributed by atoms with Gasteiger partial charge in [0, 0.05) is 18.7 Å². The van der Waals surface area contributed by atoms with Gasteiger partial charge in [-0.1, -0.05) is 13.3 Å². The monoisotopic (exact) mass is 196 g/mol. The fraction of sp³-hybridized carbons (Fsp3) is 0.909. The molecule has 0 amide bonds. The lowest BCUT2D eigenvalue weighted by molar-refractivity contribution is 0.198. The summed E-state index contributed by atoms with van der Waals surface area (Å²) >= 11 is 0. The first kappa shape index (κ1) is 11.5. The highest BCUT2D eigenvalue weighted by Crippen LogP contribution is 2.25. The molecule has 3 nitrogen and oxygen atoms in total. The van der Waals surface area contributed by atoms with Crippen LogP contribution in [0.2, 0.25) is 0 Å². The van der Waals surface area contributed by atoms with Gasteiger partial charge in [-0.05, 0) is 25.7 Å². The molecule has 14 heavy (non-hydrogen) atoms. The van der Waals surface area contributed by atoms with Crippen LogP contribution in [0.25, 0.3) is 0 Å². The SMILES string of the molecule is CC(CO)C(C)NC1CCCC1C#N. The van der Waals surface area contributed by atoms with Gasteiger partial charge in [0.1, 0.15) is 0 Å². The molecule has 1 aliphatic carbocycles. The van der Waals surface area contributed by atoms with E-state index in [4.69, 9.17) is 10.4 Å². The van der Waals surface area contributed by atoms with E-state index in [0.29, 0.717) is 12.1 Å². The maximum absolute atomic E-state index is 9.00. The summed E-state index contributed by atoms with van der Waals surface area (Å²) in [6.45, 7) is 4.31. The summed E-state index contributed by atoms with van der Waals surface area (Å²) in [5.74, 6) is 0.429. The minimum atomic E-state index is 0.170. The third-order valence-electron chi connectivity index (χ3n) is 3.30. The van der Waals surface area contributed by atoms with E-state index in [1.165, 1.54) is 0 Å². The molecule has 2 N–H and O–H groups in total. The van der Waals surface area contributed by atoms with E-state index >= 15 is 0 Å². The van der Waals surface area contributed by atoms with Gasteiger partial charge in [0.15, 0.2) is 0 Å². The van der Waals surface area contributed by atoms with Crippen LogP contribution in [-0.4, -0.2) is 23.8 Å². The Morgan fingerprint density at radius 2 is 2.21 bits per heavy atom.